The second-order valence-electron chi connectivity index (χ2n) is 7.46. The number of rotatable bonds is 4. The fraction of sp³-hybridized carbons (Fsp3) is 0.500. The molecule has 1 unspecified atom stereocenters. The Morgan fingerprint density at radius 2 is 1.93 bits per heavy atom. The second-order valence-corrected chi connectivity index (χ2v) is 7.46. The van der Waals surface area contributed by atoms with Crippen LogP contribution in [0.4, 0.5) is 0 Å². The molecule has 2 aliphatic rings. The summed E-state index contributed by atoms with van der Waals surface area (Å²) in [6.07, 6.45) is 3.63. The molecule has 1 aromatic carbocycles. The van der Waals surface area contributed by atoms with Gasteiger partial charge in [0, 0.05) is 36.1 Å². The molecule has 7 nitrogen and oxygen atoms in total. The van der Waals surface area contributed by atoms with E-state index in [2.05, 4.69) is 9.88 Å². The first-order valence-corrected chi connectivity index (χ1v) is 9.58. The molecule has 4 rings (SSSR count). The number of H-pyrrole nitrogens is 1. The number of hydrogen-bond donors (Lipinski definition) is 2. The molecule has 2 saturated heterocycles. The van der Waals surface area contributed by atoms with Crippen molar-refractivity contribution in [2.45, 2.75) is 37.8 Å². The van der Waals surface area contributed by atoms with E-state index in [4.69, 9.17) is 10.5 Å². The zero-order valence-electron chi connectivity index (χ0n) is 15.6. The van der Waals surface area contributed by atoms with Gasteiger partial charge < -0.3 is 20.4 Å². The molecule has 2 aliphatic heterocycles. The molecule has 0 aliphatic carbocycles. The molecule has 0 saturated carbocycles. The maximum atomic E-state index is 12.9. The highest BCUT2D eigenvalue weighted by atomic mass is 16.5. The lowest BCUT2D eigenvalue weighted by atomic mass is 10.0. The Bertz CT molecular complexity index is 854. The van der Waals surface area contributed by atoms with E-state index in [0.717, 1.165) is 48.9 Å². The van der Waals surface area contributed by atoms with Crippen molar-refractivity contribution in [1.82, 2.24) is 14.8 Å². The number of primary amides is 1. The van der Waals surface area contributed by atoms with E-state index in [0.29, 0.717) is 24.8 Å². The minimum absolute atomic E-state index is 0.0245. The van der Waals surface area contributed by atoms with Crippen LogP contribution in [0.1, 0.15) is 36.2 Å². The number of likely N-dealkylation sites (tertiary alicyclic amines) is 2. The zero-order valence-corrected chi connectivity index (χ0v) is 15.6. The van der Waals surface area contributed by atoms with Crippen molar-refractivity contribution in [3.63, 3.8) is 0 Å². The van der Waals surface area contributed by atoms with Crippen LogP contribution in [0.3, 0.4) is 0 Å². The van der Waals surface area contributed by atoms with Crippen molar-refractivity contribution < 1.29 is 14.3 Å². The molecular weight excluding hydrogens is 344 g/mol. The van der Waals surface area contributed by atoms with Crippen LogP contribution in [0.25, 0.3) is 10.9 Å². The first-order valence-electron chi connectivity index (χ1n) is 9.58. The Kier molecular flexibility index (Phi) is 4.78. The lowest BCUT2D eigenvalue weighted by molar-refractivity contribution is -0.123. The van der Waals surface area contributed by atoms with Crippen LogP contribution in [0.15, 0.2) is 24.3 Å². The highest BCUT2D eigenvalue weighted by Crippen LogP contribution is 2.27. The summed E-state index contributed by atoms with van der Waals surface area (Å²) in [4.78, 5) is 31.9. The van der Waals surface area contributed by atoms with Crippen molar-refractivity contribution in [2.75, 3.05) is 26.7 Å². The molecule has 7 heteroatoms. The van der Waals surface area contributed by atoms with Gasteiger partial charge in [0.25, 0.3) is 5.91 Å². The smallest absolute Gasteiger partial charge is 0.270 e. The van der Waals surface area contributed by atoms with Gasteiger partial charge in [-0.2, -0.15) is 0 Å². The highest BCUT2D eigenvalue weighted by Gasteiger charge is 2.36. The van der Waals surface area contributed by atoms with Crippen LogP contribution in [0.5, 0.6) is 5.75 Å². The predicted octanol–water partition coefficient (Wildman–Crippen LogP) is 1.73. The number of carbonyl (C=O) groups is 2. The quantitative estimate of drug-likeness (QED) is 0.857. The maximum absolute atomic E-state index is 12.9. The number of methoxy groups -OCH3 is 1. The third-order valence-corrected chi connectivity index (χ3v) is 5.90. The van der Waals surface area contributed by atoms with Crippen molar-refractivity contribution in [3.05, 3.63) is 30.0 Å². The van der Waals surface area contributed by atoms with Gasteiger partial charge in [-0.1, -0.05) is 0 Å². The van der Waals surface area contributed by atoms with E-state index < -0.39 is 0 Å². The van der Waals surface area contributed by atoms with Gasteiger partial charge in [-0.15, -0.1) is 0 Å². The Labute approximate surface area is 158 Å². The maximum Gasteiger partial charge on any atom is 0.270 e. The van der Waals surface area contributed by atoms with E-state index in [1.807, 2.05) is 29.2 Å². The number of nitrogens with zero attached hydrogens (tertiary/aromatic N) is 2. The Hall–Kier alpha value is -2.54. The number of benzene rings is 1. The molecule has 3 N–H and O–H groups in total. The van der Waals surface area contributed by atoms with Gasteiger partial charge in [0.1, 0.15) is 11.4 Å². The minimum Gasteiger partial charge on any atom is -0.497 e. The van der Waals surface area contributed by atoms with Crippen molar-refractivity contribution in [3.8, 4) is 5.75 Å². The van der Waals surface area contributed by atoms with Crippen LogP contribution in [0.2, 0.25) is 0 Å². The molecule has 0 radical (unpaired) electrons. The number of aromatic nitrogens is 1. The van der Waals surface area contributed by atoms with Crippen LogP contribution < -0.4 is 10.5 Å². The molecule has 0 spiro atoms. The number of amides is 2. The van der Waals surface area contributed by atoms with Crippen molar-refractivity contribution >= 4 is 22.7 Å². The normalized spacial score (nSPS) is 21.7. The molecule has 144 valence electrons. The molecule has 1 atom stereocenters. The van der Waals surface area contributed by atoms with Gasteiger partial charge in [0.2, 0.25) is 5.91 Å². The summed E-state index contributed by atoms with van der Waals surface area (Å²) in [5.74, 6) is 0.565. The van der Waals surface area contributed by atoms with Gasteiger partial charge in [-0.25, -0.2) is 0 Å². The zero-order chi connectivity index (χ0) is 19.0. The second kappa shape index (κ2) is 7.23. The summed E-state index contributed by atoms with van der Waals surface area (Å²) in [6, 6.07) is 7.83. The summed E-state index contributed by atoms with van der Waals surface area (Å²) < 4.78 is 5.24. The van der Waals surface area contributed by atoms with Gasteiger partial charge in [-0.3, -0.25) is 14.5 Å². The number of nitrogens with two attached hydrogens (primary N) is 1. The van der Waals surface area contributed by atoms with Crippen LogP contribution >= 0.6 is 0 Å². The van der Waals surface area contributed by atoms with Crippen LogP contribution in [-0.2, 0) is 4.79 Å². The third kappa shape index (κ3) is 3.39. The van der Waals surface area contributed by atoms with Gasteiger partial charge in [0.05, 0.1) is 13.2 Å². The fourth-order valence-electron chi connectivity index (χ4n) is 4.45. The Morgan fingerprint density at radius 1 is 1.15 bits per heavy atom. The molecule has 27 heavy (non-hydrogen) atoms. The lowest BCUT2D eigenvalue weighted by Gasteiger charge is -2.38. The summed E-state index contributed by atoms with van der Waals surface area (Å²) in [5.41, 5.74) is 7.05. The van der Waals surface area contributed by atoms with E-state index in [9.17, 15) is 9.59 Å². The van der Waals surface area contributed by atoms with Crippen LogP contribution in [0, 0.1) is 0 Å². The molecule has 3 heterocycles. The molecule has 2 amide bonds. The van der Waals surface area contributed by atoms with E-state index >= 15 is 0 Å². The van der Waals surface area contributed by atoms with Crippen molar-refractivity contribution in [2.24, 2.45) is 5.73 Å². The van der Waals surface area contributed by atoms with Crippen molar-refractivity contribution in [1.29, 1.82) is 0 Å². The summed E-state index contributed by atoms with van der Waals surface area (Å²) in [5, 5.41) is 0.996. The number of ether oxygens (including phenoxy) is 1. The predicted molar refractivity (Wildman–Crippen MR) is 103 cm³/mol. The number of carbonyl (C=O) groups excluding carboxylic acids is 2. The minimum atomic E-state index is -0.223. The summed E-state index contributed by atoms with van der Waals surface area (Å²) in [6.45, 7) is 2.32. The molecular formula is C20H26N4O3. The van der Waals surface area contributed by atoms with E-state index in [1.54, 1.807) is 7.11 Å². The molecule has 2 fully saturated rings. The van der Waals surface area contributed by atoms with Crippen LogP contribution in [-0.4, -0.2) is 65.4 Å². The third-order valence-electron chi connectivity index (χ3n) is 5.90. The summed E-state index contributed by atoms with van der Waals surface area (Å²) >= 11 is 0. The fourth-order valence-corrected chi connectivity index (χ4v) is 4.45. The monoisotopic (exact) mass is 370 g/mol. The first-order chi connectivity index (χ1) is 13.1. The SMILES string of the molecule is COc1ccc2cc(C(=O)N3CCC(N4CCCC4C(N)=O)CC3)[nH]c2c1. The topological polar surface area (TPSA) is 91.7 Å². The molecule has 2 aromatic rings. The lowest BCUT2D eigenvalue weighted by Crippen LogP contribution is -2.51. The van der Waals surface area contributed by atoms with E-state index in [1.165, 1.54) is 0 Å². The summed E-state index contributed by atoms with van der Waals surface area (Å²) in [7, 11) is 1.63. The highest BCUT2D eigenvalue weighted by molar-refractivity contribution is 5.98. The number of nitrogens with one attached hydrogen (secondary N) is 1. The van der Waals surface area contributed by atoms with Gasteiger partial charge in [-0.05, 0) is 50.4 Å². The largest absolute Gasteiger partial charge is 0.497 e. The number of aromatic amines is 1. The first kappa shape index (κ1) is 17.9. The van der Waals surface area contributed by atoms with E-state index in [-0.39, 0.29) is 17.9 Å². The van der Waals surface area contributed by atoms with Gasteiger partial charge >= 0.3 is 0 Å². The Morgan fingerprint density at radius 3 is 2.63 bits per heavy atom. The number of fused-ring (bicyclic) bond motifs is 1. The molecule has 0 bridgehead atoms. The number of piperidine rings is 1. The number of hydrogen-bond acceptors (Lipinski definition) is 4. The standard InChI is InChI=1S/C20H26N4O3/c1-27-15-5-4-13-11-17(22-16(13)12-15)20(26)23-9-6-14(7-10-23)24-8-2-3-18(24)19(21)25/h4-5,11-12,14,18,22H,2-3,6-10H2,1H3,(H2,21,25). The molecule has 1 aromatic heterocycles. The average Bonchev–Trinajstić information content (AvgIpc) is 3.34. The Balaban J connectivity index is 1.42. The average molecular weight is 370 g/mol. The van der Waals surface area contributed by atoms with Gasteiger partial charge in [0.15, 0.2) is 0 Å².